The zero-order valence-electron chi connectivity index (χ0n) is 10.4. The molecular formula is C12H16N4OS. The van der Waals surface area contributed by atoms with Crippen LogP contribution in [0.15, 0.2) is 23.6 Å². The highest BCUT2D eigenvalue weighted by Crippen LogP contribution is 2.22. The zero-order chi connectivity index (χ0) is 13.0. The Hall–Kier alpha value is -1.66. The van der Waals surface area contributed by atoms with Crippen LogP contribution >= 0.6 is 11.3 Å². The smallest absolute Gasteiger partial charge is 0.136 e. The minimum absolute atomic E-state index is 0.104. The molecule has 0 aromatic carbocycles. The fourth-order valence-corrected chi connectivity index (χ4v) is 2.18. The molecule has 0 amide bonds. The maximum absolute atomic E-state index is 8.94. The molecule has 0 saturated heterocycles. The molecule has 0 atom stereocenters. The van der Waals surface area contributed by atoms with Gasteiger partial charge in [-0.15, -0.1) is 11.3 Å². The second kappa shape index (κ2) is 5.79. The topological polar surface area (TPSA) is 61.3 Å². The van der Waals surface area contributed by atoms with Crippen molar-refractivity contribution in [1.82, 2.24) is 9.97 Å². The Morgan fingerprint density at radius 1 is 1.44 bits per heavy atom. The summed E-state index contributed by atoms with van der Waals surface area (Å²) in [7, 11) is 1.90. The second-order valence-electron chi connectivity index (χ2n) is 3.91. The summed E-state index contributed by atoms with van der Waals surface area (Å²) in [6.45, 7) is 2.51. The molecular weight excluding hydrogens is 248 g/mol. The number of rotatable bonds is 5. The molecule has 2 heterocycles. The monoisotopic (exact) mass is 264 g/mol. The first-order valence-corrected chi connectivity index (χ1v) is 6.55. The molecule has 0 unspecified atom stereocenters. The van der Waals surface area contributed by atoms with Gasteiger partial charge in [0.15, 0.2) is 0 Å². The van der Waals surface area contributed by atoms with Crippen LogP contribution < -0.4 is 10.2 Å². The van der Waals surface area contributed by atoms with E-state index in [0.717, 1.165) is 16.6 Å². The molecule has 0 radical (unpaired) electrons. The van der Waals surface area contributed by atoms with Gasteiger partial charge >= 0.3 is 0 Å². The fourth-order valence-electron chi connectivity index (χ4n) is 1.55. The number of likely N-dealkylation sites (N-methyl/N-ethyl adjacent to an activating group) is 1. The molecule has 0 aliphatic rings. The van der Waals surface area contributed by atoms with Crippen molar-refractivity contribution in [2.75, 3.05) is 30.4 Å². The molecule has 0 aliphatic carbocycles. The van der Waals surface area contributed by atoms with E-state index in [0.29, 0.717) is 12.4 Å². The number of anilines is 3. The Labute approximate surface area is 110 Å². The van der Waals surface area contributed by atoms with Crippen molar-refractivity contribution in [2.24, 2.45) is 0 Å². The van der Waals surface area contributed by atoms with Crippen LogP contribution in [0.2, 0.25) is 0 Å². The number of aliphatic hydroxyl groups excluding tert-OH is 1. The van der Waals surface area contributed by atoms with Crippen molar-refractivity contribution >= 4 is 28.0 Å². The first-order valence-electron chi connectivity index (χ1n) is 5.67. The van der Waals surface area contributed by atoms with Crippen molar-refractivity contribution in [3.63, 3.8) is 0 Å². The highest BCUT2D eigenvalue weighted by molar-refractivity contribution is 7.14. The lowest BCUT2D eigenvalue weighted by Crippen LogP contribution is -2.22. The summed E-state index contributed by atoms with van der Waals surface area (Å²) in [5.74, 6) is 2.27. The molecule has 2 aromatic rings. The first kappa shape index (κ1) is 12.8. The Morgan fingerprint density at radius 2 is 2.28 bits per heavy atom. The Kier molecular flexibility index (Phi) is 4.11. The molecule has 0 fully saturated rings. The predicted molar refractivity (Wildman–Crippen MR) is 74.7 cm³/mol. The Balaban J connectivity index is 2.20. The average molecular weight is 264 g/mol. The summed E-state index contributed by atoms with van der Waals surface area (Å²) in [6.07, 6.45) is 0. The van der Waals surface area contributed by atoms with Gasteiger partial charge in [-0.05, 0) is 24.4 Å². The minimum atomic E-state index is 0.104. The molecule has 2 N–H and O–H groups in total. The summed E-state index contributed by atoms with van der Waals surface area (Å²) >= 11 is 1.62. The minimum Gasteiger partial charge on any atom is -0.395 e. The maximum atomic E-state index is 8.94. The van der Waals surface area contributed by atoms with Crippen molar-refractivity contribution in [3.05, 3.63) is 29.4 Å². The van der Waals surface area contributed by atoms with E-state index in [2.05, 4.69) is 15.3 Å². The molecule has 2 rings (SSSR count). The quantitative estimate of drug-likeness (QED) is 0.865. The van der Waals surface area contributed by atoms with E-state index in [-0.39, 0.29) is 6.61 Å². The Morgan fingerprint density at radius 3 is 2.94 bits per heavy atom. The van der Waals surface area contributed by atoms with Crippen molar-refractivity contribution in [2.45, 2.75) is 6.92 Å². The van der Waals surface area contributed by atoms with Crippen LogP contribution in [0.5, 0.6) is 0 Å². The highest BCUT2D eigenvalue weighted by atomic mass is 32.1. The lowest BCUT2D eigenvalue weighted by Gasteiger charge is -2.17. The molecule has 0 bridgehead atoms. The first-order chi connectivity index (χ1) is 8.69. The van der Waals surface area contributed by atoms with Gasteiger partial charge in [-0.1, -0.05) is 0 Å². The summed E-state index contributed by atoms with van der Waals surface area (Å²) in [6, 6.07) is 5.86. The van der Waals surface area contributed by atoms with E-state index in [1.807, 2.05) is 42.5 Å². The molecule has 0 saturated carbocycles. The number of hydrogen-bond acceptors (Lipinski definition) is 6. The number of aliphatic hydroxyl groups is 1. The zero-order valence-corrected chi connectivity index (χ0v) is 11.2. The van der Waals surface area contributed by atoms with E-state index in [1.54, 1.807) is 11.3 Å². The molecule has 2 aromatic heterocycles. The number of aryl methyl sites for hydroxylation is 1. The second-order valence-corrected chi connectivity index (χ2v) is 4.85. The maximum Gasteiger partial charge on any atom is 0.136 e. The van der Waals surface area contributed by atoms with Gasteiger partial charge < -0.3 is 15.3 Å². The van der Waals surface area contributed by atoms with E-state index in [9.17, 15) is 0 Å². The standard InChI is InChI=1S/C12H16N4OS/c1-9-13-10(15-12-4-3-7-18-12)8-11(14-9)16(2)5-6-17/h3-4,7-8,17H,5-6H2,1-2H3,(H,13,14,15). The summed E-state index contributed by atoms with van der Waals surface area (Å²) in [5, 5.41) is 15.2. The Bertz CT molecular complexity index is 501. The van der Waals surface area contributed by atoms with Gasteiger partial charge in [0.1, 0.15) is 17.5 Å². The van der Waals surface area contributed by atoms with Crippen molar-refractivity contribution in [1.29, 1.82) is 0 Å². The van der Waals surface area contributed by atoms with Gasteiger partial charge in [-0.2, -0.15) is 0 Å². The van der Waals surface area contributed by atoms with E-state index < -0.39 is 0 Å². The van der Waals surface area contributed by atoms with E-state index >= 15 is 0 Å². The highest BCUT2D eigenvalue weighted by Gasteiger charge is 2.06. The number of aromatic nitrogens is 2. The van der Waals surface area contributed by atoms with Gasteiger partial charge in [-0.3, -0.25) is 0 Å². The number of nitrogens with one attached hydrogen (secondary N) is 1. The van der Waals surface area contributed by atoms with Crippen LogP contribution in [0.25, 0.3) is 0 Å². The third-order valence-corrected chi connectivity index (χ3v) is 3.21. The van der Waals surface area contributed by atoms with Gasteiger partial charge in [0.2, 0.25) is 0 Å². The van der Waals surface area contributed by atoms with E-state index in [1.165, 1.54) is 0 Å². The fraction of sp³-hybridized carbons (Fsp3) is 0.333. The van der Waals surface area contributed by atoms with Gasteiger partial charge in [0, 0.05) is 19.7 Å². The van der Waals surface area contributed by atoms with Crippen LogP contribution in [0.3, 0.4) is 0 Å². The summed E-state index contributed by atoms with van der Waals surface area (Å²) < 4.78 is 0. The molecule has 18 heavy (non-hydrogen) atoms. The number of nitrogens with zero attached hydrogens (tertiary/aromatic N) is 3. The third-order valence-electron chi connectivity index (χ3n) is 2.42. The molecule has 0 aliphatic heterocycles. The van der Waals surface area contributed by atoms with Gasteiger partial charge in [0.25, 0.3) is 0 Å². The van der Waals surface area contributed by atoms with Crippen LogP contribution in [-0.2, 0) is 0 Å². The average Bonchev–Trinajstić information content (AvgIpc) is 2.81. The van der Waals surface area contributed by atoms with Crippen molar-refractivity contribution in [3.8, 4) is 0 Å². The van der Waals surface area contributed by atoms with Crippen molar-refractivity contribution < 1.29 is 5.11 Å². The normalized spacial score (nSPS) is 10.4. The molecule has 6 heteroatoms. The lowest BCUT2D eigenvalue weighted by molar-refractivity contribution is 0.304. The summed E-state index contributed by atoms with van der Waals surface area (Å²) in [4.78, 5) is 10.6. The number of hydrogen-bond donors (Lipinski definition) is 2. The van der Waals surface area contributed by atoms with Crippen LogP contribution in [0.4, 0.5) is 16.6 Å². The molecule has 0 spiro atoms. The predicted octanol–water partition coefficient (Wildman–Crippen LogP) is 2.02. The lowest BCUT2D eigenvalue weighted by atomic mass is 10.4. The SMILES string of the molecule is Cc1nc(Nc2cccs2)cc(N(C)CCO)n1. The van der Waals surface area contributed by atoms with Gasteiger partial charge in [0.05, 0.1) is 11.6 Å². The van der Waals surface area contributed by atoms with Crippen LogP contribution in [0, 0.1) is 6.92 Å². The van der Waals surface area contributed by atoms with E-state index in [4.69, 9.17) is 5.11 Å². The van der Waals surface area contributed by atoms with Gasteiger partial charge in [-0.25, -0.2) is 9.97 Å². The largest absolute Gasteiger partial charge is 0.395 e. The number of thiophene rings is 1. The third kappa shape index (κ3) is 3.18. The molecule has 96 valence electrons. The van der Waals surface area contributed by atoms with Crippen LogP contribution in [-0.4, -0.2) is 35.3 Å². The summed E-state index contributed by atoms with van der Waals surface area (Å²) in [5.41, 5.74) is 0. The molecule has 5 nitrogen and oxygen atoms in total. The van der Waals surface area contributed by atoms with Crippen LogP contribution in [0.1, 0.15) is 5.82 Å².